The second-order valence-corrected chi connectivity index (χ2v) is 7.10. The number of fused-ring (bicyclic) bond motifs is 2. The van der Waals surface area contributed by atoms with Crippen molar-refractivity contribution in [3.63, 3.8) is 0 Å². The zero-order valence-electron chi connectivity index (χ0n) is 13.7. The fraction of sp³-hybridized carbons (Fsp3) is 0.889. The Morgan fingerprint density at radius 2 is 2.05 bits per heavy atom. The Bertz CT molecular complexity index is 349. The van der Waals surface area contributed by atoms with Crippen molar-refractivity contribution < 1.29 is 9.84 Å². The number of hydrogen-bond acceptors (Lipinski definition) is 2. The molecule has 0 radical (unpaired) electrons. The van der Waals surface area contributed by atoms with Gasteiger partial charge in [0.15, 0.2) is 0 Å². The van der Waals surface area contributed by atoms with Gasteiger partial charge in [0.25, 0.3) is 0 Å². The molecule has 0 spiro atoms. The second-order valence-electron chi connectivity index (χ2n) is 7.10. The van der Waals surface area contributed by atoms with Crippen molar-refractivity contribution in [3.05, 3.63) is 11.6 Å². The molecule has 0 amide bonds. The van der Waals surface area contributed by atoms with E-state index in [0.717, 1.165) is 6.61 Å². The van der Waals surface area contributed by atoms with Crippen LogP contribution >= 0.6 is 0 Å². The minimum absolute atomic E-state index is 0.0515. The van der Waals surface area contributed by atoms with Gasteiger partial charge in [-0.05, 0) is 25.2 Å². The van der Waals surface area contributed by atoms with Crippen LogP contribution in [-0.2, 0) is 4.74 Å². The van der Waals surface area contributed by atoms with Crippen molar-refractivity contribution in [2.24, 2.45) is 23.2 Å². The van der Waals surface area contributed by atoms with E-state index in [1.165, 1.54) is 37.7 Å². The van der Waals surface area contributed by atoms with Crippen LogP contribution in [-0.4, -0.2) is 24.4 Å². The SMILES string of the molecule is CCCCCC[C@@H]1OC[C@@]2(CO)[C@H](C)[C@@H]1C(C)=C[C@@H]2C. The van der Waals surface area contributed by atoms with E-state index in [2.05, 4.69) is 33.8 Å². The molecule has 2 heteroatoms. The molecule has 1 heterocycles. The molecule has 2 bridgehead atoms. The fourth-order valence-electron chi connectivity index (χ4n) is 4.45. The largest absolute Gasteiger partial charge is 0.396 e. The number of rotatable bonds is 6. The molecule has 0 saturated carbocycles. The van der Waals surface area contributed by atoms with Gasteiger partial charge in [0.1, 0.15) is 0 Å². The third-order valence-electron chi connectivity index (χ3n) is 5.99. The lowest BCUT2D eigenvalue weighted by Gasteiger charge is -2.55. The van der Waals surface area contributed by atoms with E-state index in [9.17, 15) is 5.11 Å². The van der Waals surface area contributed by atoms with E-state index >= 15 is 0 Å². The van der Waals surface area contributed by atoms with E-state index in [1.807, 2.05) is 0 Å². The van der Waals surface area contributed by atoms with Crippen molar-refractivity contribution in [3.8, 4) is 0 Å². The summed E-state index contributed by atoms with van der Waals surface area (Å²) >= 11 is 0. The Balaban J connectivity index is 2.08. The maximum absolute atomic E-state index is 9.94. The molecule has 1 N–H and O–H groups in total. The highest BCUT2D eigenvalue weighted by Gasteiger charge is 2.52. The molecule has 0 aromatic carbocycles. The molecule has 1 aliphatic heterocycles. The summed E-state index contributed by atoms with van der Waals surface area (Å²) in [6.45, 7) is 10.0. The number of ether oxygens (including phenoxy) is 1. The summed E-state index contributed by atoms with van der Waals surface area (Å²) in [4.78, 5) is 0. The lowest BCUT2D eigenvalue weighted by atomic mass is 9.56. The van der Waals surface area contributed by atoms with Gasteiger partial charge in [-0.25, -0.2) is 0 Å². The topological polar surface area (TPSA) is 29.5 Å². The van der Waals surface area contributed by atoms with Gasteiger partial charge in [-0.15, -0.1) is 0 Å². The van der Waals surface area contributed by atoms with Gasteiger partial charge in [0.2, 0.25) is 0 Å². The molecule has 0 aromatic heterocycles. The number of allylic oxidation sites excluding steroid dienone is 1. The van der Waals surface area contributed by atoms with Gasteiger partial charge in [0.05, 0.1) is 19.3 Å². The molecule has 2 nitrogen and oxygen atoms in total. The highest BCUT2D eigenvalue weighted by Crippen LogP contribution is 2.52. The lowest BCUT2D eigenvalue weighted by Crippen LogP contribution is -2.56. The average Bonchev–Trinajstić information content (AvgIpc) is 2.42. The van der Waals surface area contributed by atoms with Crippen LogP contribution in [0.3, 0.4) is 0 Å². The predicted octanol–water partition coefficient (Wildman–Crippen LogP) is 4.18. The van der Waals surface area contributed by atoms with Gasteiger partial charge in [-0.2, -0.15) is 0 Å². The van der Waals surface area contributed by atoms with E-state index < -0.39 is 0 Å². The third kappa shape index (κ3) is 2.69. The molecular formula is C18H32O2. The summed E-state index contributed by atoms with van der Waals surface area (Å²) in [6.07, 6.45) is 9.15. The van der Waals surface area contributed by atoms with Gasteiger partial charge >= 0.3 is 0 Å². The van der Waals surface area contributed by atoms with Crippen molar-refractivity contribution >= 4 is 0 Å². The van der Waals surface area contributed by atoms with Gasteiger partial charge < -0.3 is 9.84 Å². The van der Waals surface area contributed by atoms with Crippen LogP contribution in [0.2, 0.25) is 0 Å². The highest BCUT2D eigenvalue weighted by atomic mass is 16.5. The minimum atomic E-state index is -0.0515. The molecule has 1 aliphatic carbocycles. The summed E-state index contributed by atoms with van der Waals surface area (Å²) in [5.41, 5.74) is 1.43. The Hall–Kier alpha value is -0.340. The van der Waals surface area contributed by atoms with Crippen molar-refractivity contribution in [1.82, 2.24) is 0 Å². The first-order valence-electron chi connectivity index (χ1n) is 8.47. The van der Waals surface area contributed by atoms with Crippen LogP contribution in [0.1, 0.15) is 59.8 Å². The summed E-state index contributed by atoms with van der Waals surface area (Å²) in [5, 5.41) is 9.94. The van der Waals surface area contributed by atoms with Gasteiger partial charge in [0, 0.05) is 11.3 Å². The van der Waals surface area contributed by atoms with Crippen molar-refractivity contribution in [2.45, 2.75) is 65.9 Å². The van der Waals surface area contributed by atoms with Crippen molar-refractivity contribution in [1.29, 1.82) is 0 Å². The molecule has 2 aliphatic rings. The molecule has 0 aromatic rings. The van der Waals surface area contributed by atoms with Crippen LogP contribution < -0.4 is 0 Å². The Morgan fingerprint density at radius 1 is 1.30 bits per heavy atom. The molecule has 1 fully saturated rings. The predicted molar refractivity (Wildman–Crippen MR) is 83.6 cm³/mol. The normalized spacial score (nSPS) is 40.5. The first kappa shape index (κ1) is 16.0. The lowest BCUT2D eigenvalue weighted by molar-refractivity contribution is -0.164. The zero-order chi connectivity index (χ0) is 14.8. The molecule has 5 atom stereocenters. The maximum atomic E-state index is 9.94. The van der Waals surface area contributed by atoms with Crippen LogP contribution in [0.15, 0.2) is 11.6 Å². The number of aliphatic hydroxyl groups is 1. The number of unbranched alkanes of at least 4 members (excludes halogenated alkanes) is 3. The number of aliphatic hydroxyl groups excluding tert-OH is 1. The minimum Gasteiger partial charge on any atom is -0.396 e. The fourth-order valence-corrected chi connectivity index (χ4v) is 4.45. The van der Waals surface area contributed by atoms with Crippen LogP contribution in [0, 0.1) is 23.2 Å². The molecule has 2 rings (SSSR count). The van der Waals surface area contributed by atoms with Crippen LogP contribution in [0.4, 0.5) is 0 Å². The second kappa shape index (κ2) is 6.62. The summed E-state index contributed by atoms with van der Waals surface area (Å²) in [6, 6.07) is 0. The van der Waals surface area contributed by atoms with Crippen LogP contribution in [0.5, 0.6) is 0 Å². The molecule has 0 unspecified atom stereocenters. The molecular weight excluding hydrogens is 248 g/mol. The first-order chi connectivity index (χ1) is 9.56. The standard InChI is InChI=1S/C18H32O2/c1-5-6-7-8-9-16-17-13(2)10-14(3)18(11-19,12-20-16)15(17)4/h10,14-17,19H,5-9,11-12H2,1-4H3/t14-,15+,16-,17-,18+/m0/s1. The average molecular weight is 280 g/mol. The van der Waals surface area contributed by atoms with E-state index in [-0.39, 0.29) is 12.0 Å². The van der Waals surface area contributed by atoms with E-state index in [1.54, 1.807) is 0 Å². The summed E-state index contributed by atoms with van der Waals surface area (Å²) < 4.78 is 6.23. The Kier molecular flexibility index (Phi) is 5.30. The Morgan fingerprint density at radius 3 is 2.70 bits per heavy atom. The van der Waals surface area contributed by atoms with Gasteiger partial charge in [-0.3, -0.25) is 0 Å². The summed E-state index contributed by atoms with van der Waals surface area (Å²) in [5.74, 6) is 1.45. The smallest absolute Gasteiger partial charge is 0.0643 e. The first-order valence-corrected chi connectivity index (χ1v) is 8.47. The number of hydrogen-bond donors (Lipinski definition) is 1. The summed E-state index contributed by atoms with van der Waals surface area (Å²) in [7, 11) is 0. The highest BCUT2D eigenvalue weighted by molar-refractivity contribution is 5.20. The van der Waals surface area contributed by atoms with Crippen LogP contribution in [0.25, 0.3) is 0 Å². The molecule has 116 valence electrons. The quantitative estimate of drug-likeness (QED) is 0.584. The molecule has 20 heavy (non-hydrogen) atoms. The van der Waals surface area contributed by atoms with E-state index in [0.29, 0.717) is 23.9 Å². The Labute approximate surface area is 124 Å². The monoisotopic (exact) mass is 280 g/mol. The van der Waals surface area contributed by atoms with E-state index in [4.69, 9.17) is 4.74 Å². The zero-order valence-corrected chi connectivity index (χ0v) is 13.7. The third-order valence-corrected chi connectivity index (χ3v) is 5.99. The molecule has 1 saturated heterocycles. The van der Waals surface area contributed by atoms with Crippen molar-refractivity contribution in [2.75, 3.05) is 13.2 Å². The maximum Gasteiger partial charge on any atom is 0.0643 e. The van der Waals surface area contributed by atoms with Gasteiger partial charge in [-0.1, -0.05) is 58.1 Å².